The van der Waals surface area contributed by atoms with Crippen LogP contribution in [0.25, 0.3) is 11.1 Å². The normalized spacial score (nSPS) is 19.2. The number of rotatable bonds is 2. The van der Waals surface area contributed by atoms with Crippen LogP contribution in [0.1, 0.15) is 32.4 Å². The highest BCUT2D eigenvalue weighted by Gasteiger charge is 2.35. The number of nitrogens with one attached hydrogen (secondary N) is 1. The molecule has 0 saturated heterocycles. The molecule has 0 bridgehead atoms. The summed E-state index contributed by atoms with van der Waals surface area (Å²) in [5.74, 6) is 0.162. The van der Waals surface area contributed by atoms with Gasteiger partial charge in [-0.1, -0.05) is 30.3 Å². The van der Waals surface area contributed by atoms with Crippen LogP contribution in [0, 0.1) is 0 Å². The first-order chi connectivity index (χ1) is 12.8. The lowest BCUT2D eigenvalue weighted by Gasteiger charge is -2.38. The van der Waals surface area contributed by atoms with E-state index in [0.717, 1.165) is 42.1 Å². The number of aromatic nitrogens is 1. The van der Waals surface area contributed by atoms with Gasteiger partial charge in [0.05, 0.1) is 10.9 Å². The number of fused-ring (bicyclic) bond motifs is 2. The van der Waals surface area contributed by atoms with Gasteiger partial charge in [0.2, 0.25) is 0 Å². The Hall–Kier alpha value is -2.50. The predicted octanol–water partition coefficient (Wildman–Crippen LogP) is 3.65. The molecule has 1 unspecified atom stereocenters. The second kappa shape index (κ2) is 6.34. The molecule has 1 atom stereocenters. The van der Waals surface area contributed by atoms with E-state index in [1.54, 1.807) is 17.5 Å². The predicted molar refractivity (Wildman–Crippen MR) is 103 cm³/mol. The van der Waals surface area contributed by atoms with Crippen molar-refractivity contribution in [3.8, 4) is 11.1 Å². The molecule has 3 aromatic rings. The number of hydrogen-bond donors (Lipinski definition) is 1. The molecule has 4 heterocycles. The Bertz CT molecular complexity index is 966. The molecule has 2 aliphatic heterocycles. The third-order valence-electron chi connectivity index (χ3n) is 5.37. The molecule has 0 spiro atoms. The number of benzene rings is 1. The summed E-state index contributed by atoms with van der Waals surface area (Å²) in [6, 6.07) is 12.6. The van der Waals surface area contributed by atoms with Crippen molar-refractivity contribution in [3.05, 3.63) is 75.7 Å². The number of amides is 1. The molecule has 0 fully saturated rings. The molecule has 2 aliphatic rings. The summed E-state index contributed by atoms with van der Waals surface area (Å²) in [4.78, 5) is 20.4. The molecule has 1 amide bonds. The first-order valence-corrected chi connectivity index (χ1v) is 9.81. The van der Waals surface area contributed by atoms with E-state index in [1.165, 1.54) is 16.7 Å². The molecule has 0 saturated carbocycles. The van der Waals surface area contributed by atoms with Crippen molar-refractivity contribution in [2.45, 2.75) is 19.0 Å². The van der Waals surface area contributed by atoms with Gasteiger partial charge in [-0.2, -0.15) is 0 Å². The summed E-state index contributed by atoms with van der Waals surface area (Å²) < 4.78 is 0. The molecule has 1 N–H and O–H groups in total. The van der Waals surface area contributed by atoms with Crippen molar-refractivity contribution in [3.63, 3.8) is 0 Å². The lowest BCUT2D eigenvalue weighted by Crippen LogP contribution is -2.45. The lowest BCUT2D eigenvalue weighted by atomic mass is 9.92. The van der Waals surface area contributed by atoms with Gasteiger partial charge in [-0.05, 0) is 40.1 Å². The van der Waals surface area contributed by atoms with Crippen LogP contribution in [0.2, 0.25) is 0 Å². The lowest BCUT2D eigenvalue weighted by molar-refractivity contribution is 0.0654. The highest BCUT2D eigenvalue weighted by Crippen LogP contribution is 2.38. The van der Waals surface area contributed by atoms with Crippen LogP contribution < -0.4 is 5.32 Å². The Balaban J connectivity index is 1.50. The number of thiophene rings is 1. The maximum absolute atomic E-state index is 13.3. The Morgan fingerprint density at radius 3 is 3.00 bits per heavy atom. The highest BCUT2D eigenvalue weighted by molar-refractivity contribution is 7.12. The molecule has 0 radical (unpaired) electrons. The standard InChI is InChI=1S/C21H19N3OS/c25-21-20-17(18(13-26-20)15-5-3-8-22-10-15)7-9-24(21)19-12-23-11-14-4-1-2-6-16(14)19/h1-6,8,10,13,19,23H,7,9,11-12H2. The maximum atomic E-state index is 13.3. The number of carbonyl (C=O) groups is 1. The van der Waals surface area contributed by atoms with Gasteiger partial charge in [-0.25, -0.2) is 0 Å². The number of carbonyl (C=O) groups excluding carboxylic acids is 1. The quantitative estimate of drug-likeness (QED) is 0.758. The summed E-state index contributed by atoms with van der Waals surface area (Å²) in [5, 5.41) is 5.57. The van der Waals surface area contributed by atoms with Gasteiger partial charge in [-0.3, -0.25) is 9.78 Å². The fourth-order valence-corrected chi connectivity index (χ4v) is 5.17. The van der Waals surface area contributed by atoms with Gasteiger partial charge in [0, 0.05) is 37.6 Å². The van der Waals surface area contributed by atoms with Crippen LogP contribution in [0.15, 0.2) is 54.2 Å². The molecule has 4 nitrogen and oxygen atoms in total. The summed E-state index contributed by atoms with van der Waals surface area (Å²) in [5.41, 5.74) is 6.02. The zero-order valence-corrected chi connectivity index (χ0v) is 15.1. The number of nitrogens with zero attached hydrogens (tertiary/aromatic N) is 2. The van der Waals surface area contributed by atoms with E-state index in [1.807, 2.05) is 12.3 Å². The summed E-state index contributed by atoms with van der Waals surface area (Å²) in [6.45, 7) is 2.46. The van der Waals surface area contributed by atoms with Gasteiger partial charge >= 0.3 is 0 Å². The van der Waals surface area contributed by atoms with Gasteiger partial charge in [-0.15, -0.1) is 11.3 Å². The van der Waals surface area contributed by atoms with E-state index >= 15 is 0 Å². The van der Waals surface area contributed by atoms with Crippen LogP contribution in [-0.4, -0.2) is 28.9 Å². The van der Waals surface area contributed by atoms with Gasteiger partial charge in [0.15, 0.2) is 0 Å². The molecule has 0 aliphatic carbocycles. The molecular weight excluding hydrogens is 342 g/mol. The van der Waals surface area contributed by atoms with Crippen LogP contribution >= 0.6 is 11.3 Å². The second-order valence-corrected chi connectivity index (χ2v) is 7.67. The molecule has 1 aromatic carbocycles. The third-order valence-corrected chi connectivity index (χ3v) is 6.38. The van der Waals surface area contributed by atoms with E-state index in [0.29, 0.717) is 0 Å². The smallest absolute Gasteiger partial charge is 0.264 e. The highest BCUT2D eigenvalue weighted by atomic mass is 32.1. The van der Waals surface area contributed by atoms with Gasteiger partial charge in [0.25, 0.3) is 5.91 Å². The molecule has 5 rings (SSSR count). The monoisotopic (exact) mass is 361 g/mol. The summed E-state index contributed by atoms with van der Waals surface area (Å²) >= 11 is 1.56. The fraction of sp³-hybridized carbons (Fsp3) is 0.238. The second-order valence-electron chi connectivity index (χ2n) is 6.79. The minimum atomic E-state index is 0.115. The van der Waals surface area contributed by atoms with Crippen LogP contribution in [0.5, 0.6) is 0 Å². The van der Waals surface area contributed by atoms with E-state index in [4.69, 9.17) is 0 Å². The topological polar surface area (TPSA) is 45.2 Å². The molecule has 130 valence electrons. The van der Waals surface area contributed by atoms with E-state index < -0.39 is 0 Å². The first-order valence-electron chi connectivity index (χ1n) is 8.93. The SMILES string of the molecule is O=C1c2scc(-c3cccnc3)c2CCN1C1CNCc2ccccc21. The van der Waals surface area contributed by atoms with E-state index in [2.05, 4.69) is 50.9 Å². The Kier molecular flexibility index (Phi) is 3.84. The van der Waals surface area contributed by atoms with Crippen molar-refractivity contribution >= 4 is 17.2 Å². The zero-order valence-electron chi connectivity index (χ0n) is 14.3. The molecule has 2 aromatic heterocycles. The van der Waals surface area contributed by atoms with E-state index in [-0.39, 0.29) is 11.9 Å². The van der Waals surface area contributed by atoms with E-state index in [9.17, 15) is 4.79 Å². The minimum absolute atomic E-state index is 0.115. The van der Waals surface area contributed by atoms with Crippen molar-refractivity contribution in [1.29, 1.82) is 0 Å². The van der Waals surface area contributed by atoms with Crippen LogP contribution in [-0.2, 0) is 13.0 Å². The largest absolute Gasteiger partial charge is 0.329 e. The molecule has 26 heavy (non-hydrogen) atoms. The number of pyridine rings is 1. The third kappa shape index (κ3) is 2.47. The van der Waals surface area contributed by atoms with Crippen LogP contribution in [0.3, 0.4) is 0 Å². The summed E-state index contributed by atoms with van der Waals surface area (Å²) in [6.07, 6.45) is 4.55. The van der Waals surface area contributed by atoms with Crippen molar-refractivity contribution in [2.24, 2.45) is 0 Å². The minimum Gasteiger partial charge on any atom is -0.329 e. The van der Waals surface area contributed by atoms with Crippen molar-refractivity contribution in [1.82, 2.24) is 15.2 Å². The fourth-order valence-electron chi connectivity index (χ4n) is 4.09. The number of hydrogen-bond acceptors (Lipinski definition) is 4. The van der Waals surface area contributed by atoms with Gasteiger partial charge in [0.1, 0.15) is 0 Å². The maximum Gasteiger partial charge on any atom is 0.264 e. The average Bonchev–Trinajstić information content (AvgIpc) is 3.14. The zero-order chi connectivity index (χ0) is 17.5. The Morgan fingerprint density at radius 1 is 1.19 bits per heavy atom. The molecular formula is C21H19N3OS. The van der Waals surface area contributed by atoms with Crippen molar-refractivity contribution < 1.29 is 4.79 Å². The average molecular weight is 361 g/mol. The summed E-state index contributed by atoms with van der Waals surface area (Å²) in [7, 11) is 0. The molecule has 5 heteroatoms. The van der Waals surface area contributed by atoms with Crippen molar-refractivity contribution in [2.75, 3.05) is 13.1 Å². The first kappa shape index (κ1) is 15.7. The Morgan fingerprint density at radius 2 is 2.12 bits per heavy atom. The van der Waals surface area contributed by atoms with Gasteiger partial charge < -0.3 is 10.2 Å². The van der Waals surface area contributed by atoms with Crippen LogP contribution in [0.4, 0.5) is 0 Å². The Labute approximate surface area is 156 Å².